The quantitative estimate of drug-likeness (QED) is 0.820. The van der Waals surface area contributed by atoms with E-state index in [0.717, 1.165) is 19.6 Å². The van der Waals surface area contributed by atoms with Crippen molar-refractivity contribution >= 4 is 5.91 Å². The van der Waals surface area contributed by atoms with Crippen LogP contribution in [0.2, 0.25) is 0 Å². The van der Waals surface area contributed by atoms with E-state index in [1.807, 2.05) is 29.0 Å². The number of hydrogen-bond donors (Lipinski definition) is 0. The summed E-state index contributed by atoms with van der Waals surface area (Å²) in [6, 6.07) is 5.29. The van der Waals surface area contributed by atoms with Gasteiger partial charge in [0.2, 0.25) is 0 Å². The van der Waals surface area contributed by atoms with Gasteiger partial charge < -0.3 is 14.4 Å². The maximum Gasteiger partial charge on any atom is 0.257 e. The number of carbonyl (C=O) groups is 1. The number of rotatable bonds is 5. The molecule has 1 aliphatic rings. The maximum atomic E-state index is 12.8. The highest BCUT2D eigenvalue weighted by Gasteiger charge is 2.24. The van der Waals surface area contributed by atoms with Gasteiger partial charge in [-0.15, -0.1) is 0 Å². The van der Waals surface area contributed by atoms with Crippen molar-refractivity contribution in [3.05, 3.63) is 41.7 Å². The van der Waals surface area contributed by atoms with Crippen LogP contribution in [-0.4, -0.2) is 65.9 Å². The molecule has 1 aliphatic heterocycles. The van der Waals surface area contributed by atoms with Gasteiger partial charge in [-0.05, 0) is 12.1 Å². The molecule has 1 aromatic carbocycles. The zero-order chi connectivity index (χ0) is 17.8. The number of amides is 1. The number of piperazine rings is 1. The van der Waals surface area contributed by atoms with Gasteiger partial charge >= 0.3 is 0 Å². The third-order valence-corrected chi connectivity index (χ3v) is 4.46. The molecular weight excluding hydrogens is 320 g/mol. The zero-order valence-corrected chi connectivity index (χ0v) is 14.9. The van der Waals surface area contributed by atoms with Crippen molar-refractivity contribution in [2.24, 2.45) is 7.05 Å². The lowest BCUT2D eigenvalue weighted by molar-refractivity contribution is 0.0625. The fourth-order valence-electron chi connectivity index (χ4n) is 3.07. The molecule has 0 unspecified atom stereocenters. The molecule has 1 amide bonds. The van der Waals surface area contributed by atoms with Crippen molar-refractivity contribution in [1.82, 2.24) is 19.6 Å². The third-order valence-electron chi connectivity index (χ3n) is 4.46. The van der Waals surface area contributed by atoms with Crippen LogP contribution in [0.4, 0.5) is 0 Å². The van der Waals surface area contributed by atoms with Crippen LogP contribution in [0, 0.1) is 0 Å². The second-order valence-corrected chi connectivity index (χ2v) is 6.16. The van der Waals surface area contributed by atoms with E-state index in [9.17, 15) is 4.79 Å². The second kappa shape index (κ2) is 7.57. The van der Waals surface area contributed by atoms with Gasteiger partial charge in [-0.25, -0.2) is 0 Å². The predicted octanol–water partition coefficient (Wildman–Crippen LogP) is 1.40. The van der Waals surface area contributed by atoms with Gasteiger partial charge in [-0.3, -0.25) is 14.4 Å². The van der Waals surface area contributed by atoms with E-state index >= 15 is 0 Å². The summed E-state index contributed by atoms with van der Waals surface area (Å²) in [6.45, 7) is 3.96. The summed E-state index contributed by atoms with van der Waals surface area (Å²) in [7, 11) is 5.08. The fourth-order valence-corrected chi connectivity index (χ4v) is 3.07. The normalized spacial score (nSPS) is 15.2. The molecule has 0 saturated carbocycles. The number of methoxy groups -OCH3 is 2. The fraction of sp³-hybridized carbons (Fsp3) is 0.444. The van der Waals surface area contributed by atoms with Crippen molar-refractivity contribution in [3.8, 4) is 11.5 Å². The first kappa shape index (κ1) is 17.3. The molecule has 0 bridgehead atoms. The molecule has 3 rings (SSSR count). The number of aromatic nitrogens is 2. The van der Waals surface area contributed by atoms with Gasteiger partial charge in [-0.2, -0.15) is 5.10 Å². The average molecular weight is 344 g/mol. The lowest BCUT2D eigenvalue weighted by Crippen LogP contribution is -2.48. The Labute approximate surface area is 147 Å². The van der Waals surface area contributed by atoms with E-state index < -0.39 is 0 Å². The highest BCUT2D eigenvalue weighted by Crippen LogP contribution is 2.26. The van der Waals surface area contributed by atoms with Crippen LogP contribution in [0.1, 0.15) is 15.9 Å². The van der Waals surface area contributed by atoms with E-state index in [2.05, 4.69) is 10.00 Å². The van der Waals surface area contributed by atoms with E-state index in [1.165, 1.54) is 5.56 Å². The van der Waals surface area contributed by atoms with Crippen molar-refractivity contribution in [2.45, 2.75) is 6.54 Å². The van der Waals surface area contributed by atoms with Crippen molar-refractivity contribution in [3.63, 3.8) is 0 Å². The molecule has 0 N–H and O–H groups in total. The molecule has 2 aromatic rings. The van der Waals surface area contributed by atoms with Crippen molar-refractivity contribution in [1.29, 1.82) is 0 Å². The SMILES string of the molecule is COc1ccc(C(=O)N2CCN(Cc3cnn(C)c3)CC2)c(OC)c1. The molecule has 0 atom stereocenters. The molecule has 1 fully saturated rings. The first-order chi connectivity index (χ1) is 12.1. The van der Waals surface area contributed by atoms with Crippen LogP contribution in [0.15, 0.2) is 30.6 Å². The molecule has 1 aromatic heterocycles. The summed E-state index contributed by atoms with van der Waals surface area (Å²) in [5.74, 6) is 1.22. The number of aryl methyl sites for hydroxylation is 1. The lowest BCUT2D eigenvalue weighted by atomic mass is 10.1. The first-order valence-electron chi connectivity index (χ1n) is 8.32. The third kappa shape index (κ3) is 3.93. The Bertz CT molecular complexity index is 736. The molecule has 25 heavy (non-hydrogen) atoms. The highest BCUT2D eigenvalue weighted by atomic mass is 16.5. The van der Waals surface area contributed by atoms with E-state index in [4.69, 9.17) is 9.47 Å². The summed E-state index contributed by atoms with van der Waals surface area (Å²) < 4.78 is 12.4. The van der Waals surface area contributed by atoms with Crippen molar-refractivity contribution < 1.29 is 14.3 Å². The monoisotopic (exact) mass is 344 g/mol. The largest absolute Gasteiger partial charge is 0.497 e. The molecule has 134 valence electrons. The van der Waals surface area contributed by atoms with Crippen molar-refractivity contribution in [2.75, 3.05) is 40.4 Å². The van der Waals surface area contributed by atoms with E-state index in [1.54, 1.807) is 32.4 Å². The second-order valence-electron chi connectivity index (χ2n) is 6.16. The average Bonchev–Trinajstić information content (AvgIpc) is 3.06. The van der Waals surface area contributed by atoms with Crippen LogP contribution in [-0.2, 0) is 13.6 Å². The Kier molecular flexibility index (Phi) is 5.23. The molecular formula is C18H24N4O3. The highest BCUT2D eigenvalue weighted by molar-refractivity contribution is 5.97. The Morgan fingerprint density at radius 2 is 1.92 bits per heavy atom. The van der Waals surface area contributed by atoms with Crippen LogP contribution in [0.5, 0.6) is 11.5 Å². The Balaban J connectivity index is 1.61. The Hall–Kier alpha value is -2.54. The van der Waals surface area contributed by atoms with E-state index in [0.29, 0.717) is 30.2 Å². The molecule has 1 saturated heterocycles. The van der Waals surface area contributed by atoms with Crippen LogP contribution in [0.3, 0.4) is 0 Å². The Morgan fingerprint density at radius 1 is 1.16 bits per heavy atom. The lowest BCUT2D eigenvalue weighted by Gasteiger charge is -2.34. The molecule has 0 aliphatic carbocycles. The topological polar surface area (TPSA) is 59.8 Å². The van der Waals surface area contributed by atoms with Gasteiger partial charge in [0.1, 0.15) is 11.5 Å². The van der Waals surface area contributed by atoms with Gasteiger partial charge in [0.05, 0.1) is 26.0 Å². The summed E-state index contributed by atoms with van der Waals surface area (Å²) in [5, 5.41) is 4.20. The minimum atomic E-state index is 0.000492. The van der Waals surface area contributed by atoms with Crippen LogP contribution in [0.25, 0.3) is 0 Å². The van der Waals surface area contributed by atoms with Gasteiger partial charge in [0.25, 0.3) is 5.91 Å². The summed E-state index contributed by atoms with van der Waals surface area (Å²) in [4.78, 5) is 17.0. The molecule has 7 nitrogen and oxygen atoms in total. The van der Waals surface area contributed by atoms with Gasteiger partial charge in [0, 0.05) is 57.6 Å². The standard InChI is InChI=1S/C18H24N4O3/c1-20-12-14(11-19-20)13-21-6-8-22(9-7-21)18(23)16-5-4-15(24-2)10-17(16)25-3/h4-5,10-12H,6-9,13H2,1-3H3. The predicted molar refractivity (Wildman–Crippen MR) is 93.9 cm³/mol. The number of hydrogen-bond acceptors (Lipinski definition) is 5. The summed E-state index contributed by atoms with van der Waals surface area (Å²) >= 11 is 0. The first-order valence-corrected chi connectivity index (χ1v) is 8.32. The van der Waals surface area contributed by atoms with E-state index in [-0.39, 0.29) is 5.91 Å². The maximum absolute atomic E-state index is 12.8. The minimum absolute atomic E-state index is 0.000492. The number of nitrogens with zero attached hydrogens (tertiary/aromatic N) is 4. The minimum Gasteiger partial charge on any atom is -0.497 e. The van der Waals surface area contributed by atoms with Crippen LogP contribution < -0.4 is 9.47 Å². The molecule has 0 spiro atoms. The Morgan fingerprint density at radius 3 is 2.52 bits per heavy atom. The smallest absolute Gasteiger partial charge is 0.257 e. The summed E-state index contributed by atoms with van der Waals surface area (Å²) in [6.07, 6.45) is 3.92. The zero-order valence-electron chi connectivity index (χ0n) is 14.9. The number of benzene rings is 1. The number of ether oxygens (including phenoxy) is 2. The van der Waals surface area contributed by atoms with Gasteiger partial charge in [-0.1, -0.05) is 0 Å². The van der Waals surface area contributed by atoms with Gasteiger partial charge in [0.15, 0.2) is 0 Å². The molecule has 2 heterocycles. The molecule has 0 radical (unpaired) electrons. The van der Waals surface area contributed by atoms with Crippen LogP contribution >= 0.6 is 0 Å². The summed E-state index contributed by atoms with van der Waals surface area (Å²) in [5.41, 5.74) is 1.77. The molecule has 7 heteroatoms. The number of carbonyl (C=O) groups excluding carboxylic acids is 1.